The summed E-state index contributed by atoms with van der Waals surface area (Å²) in [5.74, 6) is 0. The van der Waals surface area contributed by atoms with Crippen LogP contribution in [-0.4, -0.2) is 49.3 Å². The molecule has 0 aliphatic carbocycles. The van der Waals surface area contributed by atoms with E-state index < -0.39 is 0 Å². The Kier molecular flexibility index (Phi) is 2180000. The van der Waals surface area contributed by atoms with Gasteiger partial charge in [-0.2, -0.15) is 0 Å². The summed E-state index contributed by atoms with van der Waals surface area (Å²) in [6.45, 7) is 0. The van der Waals surface area contributed by atoms with Gasteiger partial charge < -0.3 is 73.9 Å². The number of hydrogen-bond acceptors (Lipinski definition) is 4. The van der Waals surface area contributed by atoms with Crippen LogP contribution in [0.2, 0.25) is 0 Å². The van der Waals surface area contributed by atoms with Gasteiger partial charge >= 0.3 is 0 Å². The first-order valence-corrected chi connectivity index (χ1v) is 0. The van der Waals surface area contributed by atoms with Crippen LogP contribution in [0, 0.1) is 0 Å². The quantitative estimate of drug-likeness (QED) is 0.331. The maximum absolute atomic E-state index is 0. The maximum atomic E-state index is 0. The third-order valence-electron chi connectivity index (χ3n) is 0. The Bertz CT molecular complexity index is 11.6. The molecule has 13 heteroatoms. The molecule has 0 aromatic rings. The van der Waals surface area contributed by atoms with Crippen molar-refractivity contribution >= 4 is 0 Å². The fourth-order valence-electron chi connectivity index (χ4n) is 0. The first kappa shape index (κ1) is 6080. The second kappa shape index (κ2) is 4660. The number of rotatable bonds is 0. The summed E-state index contributed by atoms with van der Waals surface area (Å²) in [5, 5.41) is 0. The highest BCUT2D eigenvalue weighted by Crippen LogP contribution is -0.281. The fourth-order valence-corrected chi connectivity index (χ4v) is 0. The van der Waals surface area contributed by atoms with Crippen LogP contribution >= 0.6 is 0 Å². The highest BCUT2D eigenvalue weighted by Gasteiger charge is -0.365. The van der Waals surface area contributed by atoms with Gasteiger partial charge in [0.2, 0.25) is 0 Å². The predicted molar refractivity (Wildman–Crippen MR) is 49.8 cm³/mol. The standard InChI is InChI=1S/4H3N.9H2O/h4*1H3;9*1H2. The second-order valence-corrected chi connectivity index (χ2v) is 0. The zero-order chi connectivity index (χ0) is 0. The van der Waals surface area contributed by atoms with E-state index in [0.717, 1.165) is 0 Å². The Morgan fingerprint density at radius 3 is 0.231 bits per heavy atom. The van der Waals surface area contributed by atoms with Gasteiger partial charge in [0.15, 0.2) is 0 Å². The molecule has 0 spiro atoms. The van der Waals surface area contributed by atoms with Gasteiger partial charge in [-0.15, -0.1) is 0 Å². The van der Waals surface area contributed by atoms with E-state index in [4.69, 9.17) is 0 Å². The van der Waals surface area contributed by atoms with E-state index in [0.29, 0.717) is 0 Å². The van der Waals surface area contributed by atoms with Gasteiger partial charge in [-0.25, -0.2) is 0 Å². The maximum Gasteiger partial charge on any atom is -0.369 e. The molecule has 0 aromatic carbocycles. The molecule has 13 nitrogen and oxygen atoms in total. The minimum absolute atomic E-state index is 0. The molecular formula is H30N4O9. The van der Waals surface area contributed by atoms with Gasteiger partial charge in [-0.05, 0) is 0 Å². The van der Waals surface area contributed by atoms with Gasteiger partial charge in [0.05, 0.1) is 0 Å². The second-order valence-electron chi connectivity index (χ2n) is 0. The summed E-state index contributed by atoms with van der Waals surface area (Å²) in [6.07, 6.45) is 0. The van der Waals surface area contributed by atoms with E-state index in [1.807, 2.05) is 0 Å². The molecule has 0 saturated carbocycles. The SMILES string of the molecule is O.O.O.O.O.[NH4+].[NH4+].[NH4+].[NH4+].[OH-].[OH-].[OH-].[OH-]. The Morgan fingerprint density at radius 1 is 0.231 bits per heavy atom. The average molecular weight is 230 g/mol. The molecule has 0 aliphatic rings. The molecule has 0 bridgehead atoms. The van der Waals surface area contributed by atoms with Crippen molar-refractivity contribution in [3.05, 3.63) is 0 Å². The smallest absolute Gasteiger partial charge is 0.369 e. The highest BCUT2D eigenvalue weighted by molar-refractivity contribution is 2.14. The average Bonchev–Trinajstić information content (AvgIpc) is 0. The van der Waals surface area contributed by atoms with Crippen molar-refractivity contribution in [1.29, 1.82) is 0 Å². The molecule has 0 amide bonds. The van der Waals surface area contributed by atoms with Gasteiger partial charge in [-0.1, -0.05) is 0 Å². The number of quaternary nitrogens is 4. The monoisotopic (exact) mass is 230 g/mol. The fraction of sp³-hybridized carbons (Fsp3) is 0. The van der Waals surface area contributed by atoms with Gasteiger partial charge in [0.25, 0.3) is 0 Å². The largest absolute Gasteiger partial charge is 0.870 e. The first-order chi connectivity index (χ1) is 0. The molecule has 0 aromatic heterocycles. The molecule has 0 aliphatic heterocycles. The lowest BCUT2D eigenvalue weighted by atomic mass is 14.0. The molecule has 13 heavy (non-hydrogen) atoms. The molecule has 104 valence electrons. The summed E-state index contributed by atoms with van der Waals surface area (Å²) in [4.78, 5) is 0. The molecule has 30 N–H and O–H groups in total. The van der Waals surface area contributed by atoms with Crippen LogP contribution in [0.3, 0.4) is 0 Å². The first-order valence-electron chi connectivity index (χ1n) is 0. The Balaban J connectivity index is 0. The van der Waals surface area contributed by atoms with E-state index in [1.165, 1.54) is 0 Å². The van der Waals surface area contributed by atoms with Crippen molar-refractivity contribution in [2.24, 2.45) is 0 Å². The van der Waals surface area contributed by atoms with Crippen molar-refractivity contribution in [2.75, 3.05) is 0 Å². The molecular weight excluding hydrogens is 200 g/mol. The molecule has 0 unspecified atom stereocenters. The minimum atomic E-state index is 0. The molecule has 0 rings (SSSR count). The number of hydrogen-bond donors (Lipinski definition) is 4. The normalized spacial score (nSPS) is 0. The van der Waals surface area contributed by atoms with Crippen LogP contribution < -0.4 is 24.6 Å². The highest BCUT2D eigenvalue weighted by atomic mass is 16.0. The lowest BCUT2D eigenvalue weighted by Crippen LogP contribution is -0.482. The van der Waals surface area contributed by atoms with Crippen LogP contribution in [0.4, 0.5) is 0 Å². The Hall–Kier alpha value is -0.520. The summed E-state index contributed by atoms with van der Waals surface area (Å²) >= 11 is 0. The van der Waals surface area contributed by atoms with Crippen molar-refractivity contribution in [3.8, 4) is 0 Å². The van der Waals surface area contributed by atoms with Crippen molar-refractivity contribution < 1.29 is 49.3 Å². The van der Waals surface area contributed by atoms with E-state index >= 15 is 0 Å². The Labute approximate surface area is 75.2 Å². The zero-order valence-corrected chi connectivity index (χ0v) is 8.29. The lowest BCUT2D eigenvalue weighted by Gasteiger charge is -0.871. The van der Waals surface area contributed by atoms with Crippen molar-refractivity contribution in [3.63, 3.8) is 0 Å². The van der Waals surface area contributed by atoms with Gasteiger partial charge in [-0.3, -0.25) is 0 Å². The van der Waals surface area contributed by atoms with Crippen molar-refractivity contribution in [1.82, 2.24) is 24.6 Å². The summed E-state index contributed by atoms with van der Waals surface area (Å²) in [5.41, 5.74) is 0. The summed E-state index contributed by atoms with van der Waals surface area (Å²) < 4.78 is 0. The van der Waals surface area contributed by atoms with Crippen LogP contribution in [0.1, 0.15) is 0 Å². The predicted octanol–water partition coefficient (Wildman–Crippen LogP) is -3.33. The van der Waals surface area contributed by atoms with E-state index in [1.54, 1.807) is 0 Å². The van der Waals surface area contributed by atoms with E-state index in [-0.39, 0.29) is 73.9 Å². The molecule has 0 heterocycles. The van der Waals surface area contributed by atoms with Crippen molar-refractivity contribution in [2.45, 2.75) is 0 Å². The molecule has 0 atom stereocenters. The summed E-state index contributed by atoms with van der Waals surface area (Å²) in [6, 6.07) is 0. The van der Waals surface area contributed by atoms with Crippen LogP contribution in [0.5, 0.6) is 0 Å². The third-order valence-corrected chi connectivity index (χ3v) is 0. The van der Waals surface area contributed by atoms with Gasteiger partial charge in [0, 0.05) is 0 Å². The molecule has 0 saturated heterocycles. The topological polar surface area (TPSA) is 424 Å². The van der Waals surface area contributed by atoms with E-state index in [2.05, 4.69) is 0 Å². The summed E-state index contributed by atoms with van der Waals surface area (Å²) in [7, 11) is 0. The van der Waals surface area contributed by atoms with Crippen LogP contribution in [-0.2, 0) is 0 Å². The third kappa shape index (κ3) is 3820. The lowest BCUT2D eigenvalue weighted by molar-refractivity contribution is 0.823. The molecule has 0 fully saturated rings. The zero-order valence-electron chi connectivity index (χ0n) is 8.29. The minimum Gasteiger partial charge on any atom is -0.870 e. The Morgan fingerprint density at radius 2 is 0.231 bits per heavy atom. The van der Waals surface area contributed by atoms with Gasteiger partial charge in [0.1, 0.15) is 0 Å². The van der Waals surface area contributed by atoms with E-state index in [9.17, 15) is 0 Å². The molecule has 0 radical (unpaired) electrons. The van der Waals surface area contributed by atoms with Crippen LogP contribution in [0.15, 0.2) is 0 Å². The van der Waals surface area contributed by atoms with Crippen LogP contribution in [0.25, 0.3) is 0 Å².